The van der Waals surface area contributed by atoms with Gasteiger partial charge < -0.3 is 15.6 Å². The maximum Gasteiger partial charge on any atom is 0.312 e. The van der Waals surface area contributed by atoms with Gasteiger partial charge >= 0.3 is 5.97 Å². The standard InChI is InChI=1S/C17H18FNO3/c1-11-7-13(14(9-19)17(20)21)8-15(18)16(11)22-10-12-5-3-2-4-6-12/h2-8,14H,9-10,19H2,1H3,(H,20,21). The Hall–Kier alpha value is -2.40. The third-order valence-corrected chi connectivity index (χ3v) is 3.41. The molecule has 2 rings (SSSR count). The van der Waals surface area contributed by atoms with Crippen molar-refractivity contribution in [1.29, 1.82) is 0 Å². The fraction of sp³-hybridized carbons (Fsp3) is 0.235. The van der Waals surface area contributed by atoms with Crippen LogP contribution in [0.5, 0.6) is 5.75 Å². The van der Waals surface area contributed by atoms with Crippen LogP contribution < -0.4 is 10.5 Å². The van der Waals surface area contributed by atoms with Crippen LogP contribution in [-0.4, -0.2) is 17.6 Å². The smallest absolute Gasteiger partial charge is 0.312 e. The Balaban J connectivity index is 2.21. The van der Waals surface area contributed by atoms with E-state index in [4.69, 9.17) is 15.6 Å². The number of rotatable bonds is 6. The fourth-order valence-corrected chi connectivity index (χ4v) is 2.25. The van der Waals surface area contributed by atoms with Gasteiger partial charge in [0.15, 0.2) is 11.6 Å². The first kappa shape index (κ1) is 16.0. The number of carboxylic acids is 1. The van der Waals surface area contributed by atoms with Gasteiger partial charge in [-0.05, 0) is 29.7 Å². The van der Waals surface area contributed by atoms with Gasteiger partial charge in [0.2, 0.25) is 0 Å². The average Bonchev–Trinajstić information content (AvgIpc) is 2.48. The van der Waals surface area contributed by atoms with E-state index in [-0.39, 0.29) is 18.9 Å². The highest BCUT2D eigenvalue weighted by atomic mass is 19.1. The molecule has 1 unspecified atom stereocenters. The highest BCUT2D eigenvalue weighted by Crippen LogP contribution is 2.28. The Bertz CT molecular complexity index is 635. The molecular formula is C17H18FNO3. The van der Waals surface area contributed by atoms with Crippen molar-refractivity contribution in [2.24, 2.45) is 5.73 Å². The first-order valence-corrected chi connectivity index (χ1v) is 6.92. The third kappa shape index (κ3) is 3.62. The van der Waals surface area contributed by atoms with Gasteiger partial charge in [0, 0.05) is 6.54 Å². The van der Waals surface area contributed by atoms with Crippen LogP contribution in [0.15, 0.2) is 42.5 Å². The minimum Gasteiger partial charge on any atom is -0.486 e. The molecule has 5 heteroatoms. The first-order valence-electron chi connectivity index (χ1n) is 6.92. The summed E-state index contributed by atoms with van der Waals surface area (Å²) in [5.41, 5.74) is 7.26. The van der Waals surface area contributed by atoms with Gasteiger partial charge in [-0.25, -0.2) is 4.39 Å². The van der Waals surface area contributed by atoms with Gasteiger partial charge in [-0.3, -0.25) is 4.79 Å². The van der Waals surface area contributed by atoms with Crippen molar-refractivity contribution in [3.05, 3.63) is 65.0 Å². The Morgan fingerprint density at radius 2 is 2.00 bits per heavy atom. The van der Waals surface area contributed by atoms with Gasteiger partial charge in [-0.2, -0.15) is 0 Å². The molecule has 0 aromatic heterocycles. The predicted octanol–water partition coefficient (Wildman–Crippen LogP) is 2.84. The van der Waals surface area contributed by atoms with Crippen molar-refractivity contribution >= 4 is 5.97 Å². The molecule has 0 radical (unpaired) electrons. The summed E-state index contributed by atoms with van der Waals surface area (Å²) >= 11 is 0. The number of hydrogen-bond donors (Lipinski definition) is 2. The number of benzene rings is 2. The molecule has 0 spiro atoms. The molecule has 0 aliphatic rings. The number of ether oxygens (including phenoxy) is 1. The zero-order chi connectivity index (χ0) is 16.1. The van der Waals surface area contributed by atoms with Gasteiger partial charge in [-0.1, -0.05) is 36.4 Å². The number of hydrogen-bond acceptors (Lipinski definition) is 3. The Labute approximate surface area is 128 Å². The van der Waals surface area contributed by atoms with E-state index < -0.39 is 17.7 Å². The monoisotopic (exact) mass is 303 g/mol. The summed E-state index contributed by atoms with van der Waals surface area (Å²) in [7, 11) is 0. The normalized spacial score (nSPS) is 12.0. The van der Waals surface area contributed by atoms with Crippen LogP contribution in [0.1, 0.15) is 22.6 Å². The van der Waals surface area contributed by atoms with Crippen LogP contribution in [0.25, 0.3) is 0 Å². The van der Waals surface area contributed by atoms with E-state index in [1.54, 1.807) is 13.0 Å². The molecule has 1 atom stereocenters. The molecule has 2 aromatic carbocycles. The lowest BCUT2D eigenvalue weighted by Crippen LogP contribution is -2.21. The Morgan fingerprint density at radius 3 is 2.55 bits per heavy atom. The summed E-state index contributed by atoms with van der Waals surface area (Å²) in [5.74, 6) is -2.44. The number of aliphatic carboxylic acids is 1. The molecule has 0 heterocycles. The third-order valence-electron chi connectivity index (χ3n) is 3.41. The second-order valence-electron chi connectivity index (χ2n) is 5.05. The summed E-state index contributed by atoms with van der Waals surface area (Å²) in [4.78, 5) is 11.1. The van der Waals surface area contributed by atoms with E-state index in [9.17, 15) is 9.18 Å². The van der Waals surface area contributed by atoms with E-state index in [0.717, 1.165) is 5.56 Å². The van der Waals surface area contributed by atoms with Crippen molar-refractivity contribution < 1.29 is 19.0 Å². The summed E-state index contributed by atoms with van der Waals surface area (Å²) in [6.45, 7) is 1.85. The van der Waals surface area contributed by atoms with Crippen LogP contribution in [0, 0.1) is 12.7 Å². The number of nitrogens with two attached hydrogens (primary N) is 1. The molecule has 22 heavy (non-hydrogen) atoms. The van der Waals surface area contributed by atoms with E-state index in [0.29, 0.717) is 11.1 Å². The maximum atomic E-state index is 14.2. The second kappa shape index (κ2) is 7.04. The minimum atomic E-state index is -1.07. The quantitative estimate of drug-likeness (QED) is 0.860. The second-order valence-corrected chi connectivity index (χ2v) is 5.05. The van der Waals surface area contributed by atoms with Crippen LogP contribution in [0.2, 0.25) is 0 Å². The number of carboxylic acid groups (broad SMARTS) is 1. The van der Waals surface area contributed by atoms with E-state index in [2.05, 4.69) is 0 Å². The highest BCUT2D eigenvalue weighted by Gasteiger charge is 2.21. The molecular weight excluding hydrogens is 285 g/mol. The molecule has 0 amide bonds. The number of aryl methyl sites for hydroxylation is 1. The topological polar surface area (TPSA) is 72.6 Å². The lowest BCUT2D eigenvalue weighted by molar-refractivity contribution is -0.138. The minimum absolute atomic E-state index is 0.0849. The van der Waals surface area contributed by atoms with E-state index >= 15 is 0 Å². The van der Waals surface area contributed by atoms with Crippen LogP contribution in [0.3, 0.4) is 0 Å². The van der Waals surface area contributed by atoms with Crippen LogP contribution >= 0.6 is 0 Å². The lowest BCUT2D eigenvalue weighted by Gasteiger charge is -2.15. The van der Waals surface area contributed by atoms with Crippen molar-refractivity contribution in [3.8, 4) is 5.75 Å². The molecule has 0 aliphatic heterocycles. The SMILES string of the molecule is Cc1cc(C(CN)C(=O)O)cc(F)c1OCc1ccccc1. The van der Waals surface area contributed by atoms with Crippen LogP contribution in [0.4, 0.5) is 4.39 Å². The van der Waals surface area contributed by atoms with Gasteiger partial charge in [-0.15, -0.1) is 0 Å². The fourth-order valence-electron chi connectivity index (χ4n) is 2.25. The molecule has 0 bridgehead atoms. The van der Waals surface area contributed by atoms with Gasteiger partial charge in [0.05, 0.1) is 5.92 Å². The zero-order valence-corrected chi connectivity index (χ0v) is 12.3. The molecule has 2 aromatic rings. The van der Waals surface area contributed by atoms with E-state index in [1.807, 2.05) is 30.3 Å². The molecule has 0 fully saturated rings. The summed E-state index contributed by atoms with van der Waals surface area (Å²) < 4.78 is 19.7. The summed E-state index contributed by atoms with van der Waals surface area (Å²) in [5, 5.41) is 9.10. The zero-order valence-electron chi connectivity index (χ0n) is 12.3. The summed E-state index contributed by atoms with van der Waals surface area (Å²) in [6, 6.07) is 12.2. The van der Waals surface area contributed by atoms with Crippen LogP contribution in [-0.2, 0) is 11.4 Å². The lowest BCUT2D eigenvalue weighted by atomic mass is 9.97. The van der Waals surface area contributed by atoms with Gasteiger partial charge in [0.25, 0.3) is 0 Å². The largest absolute Gasteiger partial charge is 0.486 e. The Kier molecular flexibility index (Phi) is 5.12. The van der Waals surface area contributed by atoms with E-state index in [1.165, 1.54) is 6.07 Å². The van der Waals surface area contributed by atoms with Crippen molar-refractivity contribution in [1.82, 2.24) is 0 Å². The molecule has 116 valence electrons. The number of halogens is 1. The molecule has 0 saturated carbocycles. The number of carbonyl (C=O) groups is 1. The molecule has 0 saturated heterocycles. The molecule has 3 N–H and O–H groups in total. The highest BCUT2D eigenvalue weighted by molar-refractivity contribution is 5.76. The molecule has 0 aliphatic carbocycles. The maximum absolute atomic E-state index is 14.2. The van der Waals surface area contributed by atoms with Crippen molar-refractivity contribution in [2.45, 2.75) is 19.4 Å². The summed E-state index contributed by atoms with van der Waals surface area (Å²) in [6.07, 6.45) is 0. The first-order chi connectivity index (χ1) is 10.5. The predicted molar refractivity (Wildman–Crippen MR) is 81.3 cm³/mol. The van der Waals surface area contributed by atoms with Crippen molar-refractivity contribution in [2.75, 3.05) is 6.54 Å². The average molecular weight is 303 g/mol. The van der Waals surface area contributed by atoms with Crippen molar-refractivity contribution in [3.63, 3.8) is 0 Å². The molecule has 4 nitrogen and oxygen atoms in total. The Morgan fingerprint density at radius 1 is 1.32 bits per heavy atom. The van der Waals surface area contributed by atoms with Gasteiger partial charge in [0.1, 0.15) is 6.61 Å².